The third kappa shape index (κ3) is 4.73. The van der Waals surface area contributed by atoms with E-state index >= 15 is 0 Å². The van der Waals surface area contributed by atoms with Crippen LogP contribution in [0.4, 0.5) is 0 Å². The molecule has 3 nitrogen and oxygen atoms in total. The molecule has 0 spiro atoms. The third-order valence-electron chi connectivity index (χ3n) is 10.9. The van der Waals surface area contributed by atoms with E-state index in [9.17, 15) is 4.11 Å². The second-order valence-electron chi connectivity index (χ2n) is 13.9. The Morgan fingerprint density at radius 1 is 0.316 bits per heavy atom. The van der Waals surface area contributed by atoms with Gasteiger partial charge in [0, 0.05) is 38.0 Å². The average molecular weight is 739 g/mol. The Morgan fingerprint density at radius 2 is 0.737 bits per heavy atom. The molecule has 0 saturated carbocycles. The van der Waals surface area contributed by atoms with Gasteiger partial charge in [0.1, 0.15) is 0 Å². The summed E-state index contributed by atoms with van der Waals surface area (Å²) in [6, 6.07) is 35.1. The van der Waals surface area contributed by atoms with Gasteiger partial charge in [-0.1, -0.05) is 151 Å². The highest BCUT2D eigenvalue weighted by atomic mass is 15.1. The van der Waals surface area contributed by atoms with Crippen LogP contribution < -0.4 is 0 Å². The summed E-state index contributed by atoms with van der Waals surface area (Å²) in [5, 5.41) is 5.54. The highest BCUT2D eigenvalue weighted by Crippen LogP contribution is 2.43. The van der Waals surface area contributed by atoms with Crippen molar-refractivity contribution in [3.8, 4) is 39.3 Å². The summed E-state index contributed by atoms with van der Waals surface area (Å²) in [5.41, 5.74) is 4.17. The molecule has 266 valence electrons. The molecule has 0 radical (unpaired) electrons. The first-order chi connectivity index (χ1) is 33.7. The van der Waals surface area contributed by atoms with Crippen LogP contribution in [-0.4, -0.2) is 13.7 Å². The predicted octanol–water partition coefficient (Wildman–Crippen LogP) is 14.3. The largest absolute Gasteiger partial charge is 0.309 e. The fourth-order valence-corrected chi connectivity index (χ4v) is 8.61. The van der Waals surface area contributed by atoms with Crippen LogP contribution in [0.1, 0.15) is 17.8 Å². The lowest BCUT2D eigenvalue weighted by Crippen LogP contribution is -2.01. The smallest absolute Gasteiger partial charge is 0.0782 e. The first-order valence-corrected chi connectivity index (χ1v) is 18.6. The molecule has 12 rings (SSSR count). The van der Waals surface area contributed by atoms with Gasteiger partial charge in [0.05, 0.1) is 62.3 Å². The van der Waals surface area contributed by atoms with Crippen LogP contribution in [0, 0.1) is 0 Å². The van der Waals surface area contributed by atoms with E-state index in [1.54, 1.807) is 10.6 Å². The third-order valence-corrected chi connectivity index (χ3v) is 10.9. The van der Waals surface area contributed by atoms with Crippen molar-refractivity contribution in [3.05, 3.63) is 212 Å². The molecule has 0 saturated heterocycles. The van der Waals surface area contributed by atoms with Gasteiger partial charge in [-0.15, -0.1) is 0 Å². The number of fused-ring (bicyclic) bond motifs is 9. The second kappa shape index (κ2) is 12.5. The van der Waals surface area contributed by atoms with E-state index in [0.29, 0.717) is 27.5 Å². The Kier molecular flexibility index (Phi) is 4.69. The lowest BCUT2D eigenvalue weighted by Gasteiger charge is -2.17. The van der Waals surface area contributed by atoms with Crippen LogP contribution in [-0.2, 0) is 0 Å². The zero-order valence-corrected chi connectivity index (χ0v) is 30.0. The molecule has 0 atom stereocenters. The molecule has 9 aromatic carbocycles. The summed E-state index contributed by atoms with van der Waals surface area (Å²) in [5.74, 6) is 0. The standard InChI is InChI=1S/C54H35N3/c1-3-17-36(18-4-1)38-33-39(37-19-5-2-6-20-37)35-40(34-38)55-46-26-11-9-23-43(46)44-25-15-32-52(54(44)55)57-49-29-14-10-24-45(49)53-50(30-16-31-51(53)57)56-47-27-12-7-21-41(47)42-22-8-13-28-48(42)56/h1-35H/i1D,2D,3D,4D,5D,6D,17D,18D,19D,20D,33D,34D,35D. The number of para-hydroxylation sites is 5. The Hall–Kier alpha value is -7.62. The van der Waals surface area contributed by atoms with Gasteiger partial charge < -0.3 is 13.7 Å². The highest BCUT2D eigenvalue weighted by molar-refractivity contribution is 6.18. The minimum Gasteiger partial charge on any atom is -0.309 e. The second-order valence-corrected chi connectivity index (χ2v) is 13.9. The average Bonchev–Trinajstić information content (AvgIpc) is 4.02. The minimum absolute atomic E-state index is 0.204. The first-order valence-electron chi connectivity index (χ1n) is 25.1. The van der Waals surface area contributed by atoms with Crippen molar-refractivity contribution in [3.63, 3.8) is 0 Å². The van der Waals surface area contributed by atoms with Crippen LogP contribution in [0.25, 0.3) is 105 Å². The Labute approximate surface area is 347 Å². The highest BCUT2D eigenvalue weighted by Gasteiger charge is 2.23. The number of nitrogens with zero attached hydrogens (tertiary/aromatic N) is 3. The number of aromatic nitrogens is 3. The van der Waals surface area contributed by atoms with E-state index in [-0.39, 0.29) is 5.69 Å². The molecule has 0 aliphatic rings. The zero-order chi connectivity index (χ0) is 48.8. The van der Waals surface area contributed by atoms with E-state index in [0.717, 1.165) is 49.3 Å². The summed E-state index contributed by atoms with van der Waals surface area (Å²) in [6.45, 7) is 0. The van der Waals surface area contributed by atoms with E-state index in [4.69, 9.17) is 13.7 Å². The molecular formula is C54H35N3. The molecule has 0 amide bonds. The number of benzene rings is 9. The van der Waals surface area contributed by atoms with Crippen molar-refractivity contribution in [2.24, 2.45) is 0 Å². The van der Waals surface area contributed by atoms with Crippen molar-refractivity contribution in [1.82, 2.24) is 13.7 Å². The van der Waals surface area contributed by atoms with Gasteiger partial charge in [0.2, 0.25) is 0 Å². The van der Waals surface area contributed by atoms with Crippen LogP contribution in [0.5, 0.6) is 0 Å². The summed E-state index contributed by atoms with van der Waals surface area (Å²) >= 11 is 0. The van der Waals surface area contributed by atoms with Crippen molar-refractivity contribution >= 4 is 65.4 Å². The minimum atomic E-state index is -0.721. The van der Waals surface area contributed by atoms with E-state index in [2.05, 4.69) is 45.5 Å². The van der Waals surface area contributed by atoms with E-state index in [1.165, 1.54) is 0 Å². The maximum absolute atomic E-state index is 10.1. The van der Waals surface area contributed by atoms with Crippen LogP contribution in [0.3, 0.4) is 0 Å². The molecule has 0 aliphatic carbocycles. The lowest BCUT2D eigenvalue weighted by molar-refractivity contribution is 1.13. The molecule has 0 N–H and O–H groups in total. The van der Waals surface area contributed by atoms with E-state index in [1.807, 2.05) is 91.0 Å². The normalized spacial score (nSPS) is 15.1. The predicted molar refractivity (Wildman–Crippen MR) is 240 cm³/mol. The number of hydrogen-bond acceptors (Lipinski definition) is 0. The van der Waals surface area contributed by atoms with Crippen LogP contribution in [0.15, 0.2) is 212 Å². The van der Waals surface area contributed by atoms with Gasteiger partial charge in [-0.25, -0.2) is 0 Å². The topological polar surface area (TPSA) is 14.8 Å². The summed E-state index contributed by atoms with van der Waals surface area (Å²) in [6.07, 6.45) is 0. The Bertz CT molecular complexity index is 4090. The molecule has 0 unspecified atom stereocenters. The molecule has 3 aromatic heterocycles. The zero-order valence-electron chi connectivity index (χ0n) is 43.0. The van der Waals surface area contributed by atoms with Gasteiger partial charge in [-0.05, 0) is 82.8 Å². The van der Waals surface area contributed by atoms with Gasteiger partial charge >= 0.3 is 0 Å². The summed E-state index contributed by atoms with van der Waals surface area (Å²) in [7, 11) is 0. The SMILES string of the molecule is [2H]c1c([2H])c([2H])c(-c2c([2H])c(-c3c([2H])c([2H])c([2H])c([2H])c3[2H])c([2H])c(-n3c4ccccc4c4cccc(-n5c6ccccc6c6c(-n7c8ccccc8c8ccccc87)cccc65)c43)c2[2H])c([2H])c1[2H]. The fourth-order valence-electron chi connectivity index (χ4n) is 8.61. The van der Waals surface area contributed by atoms with E-state index < -0.39 is 101 Å². The lowest BCUT2D eigenvalue weighted by atomic mass is 9.98. The summed E-state index contributed by atoms with van der Waals surface area (Å²) < 4.78 is 124. The molecule has 12 aromatic rings. The van der Waals surface area contributed by atoms with Crippen LogP contribution in [0.2, 0.25) is 0 Å². The Morgan fingerprint density at radius 3 is 1.33 bits per heavy atom. The molecule has 0 fully saturated rings. The number of hydrogen-bond donors (Lipinski definition) is 0. The fraction of sp³-hybridized carbons (Fsp3) is 0. The molecule has 0 aliphatic heterocycles. The van der Waals surface area contributed by atoms with Gasteiger partial charge in [0.15, 0.2) is 0 Å². The quantitative estimate of drug-likeness (QED) is 0.167. The first kappa shape index (κ1) is 21.5. The van der Waals surface area contributed by atoms with Gasteiger partial charge in [-0.3, -0.25) is 0 Å². The molecule has 57 heavy (non-hydrogen) atoms. The maximum atomic E-state index is 10.1. The molecular weight excluding hydrogens is 691 g/mol. The van der Waals surface area contributed by atoms with Gasteiger partial charge in [0.25, 0.3) is 0 Å². The number of rotatable bonds is 5. The Balaban J connectivity index is 1.27. The molecule has 3 heterocycles. The van der Waals surface area contributed by atoms with Gasteiger partial charge in [-0.2, -0.15) is 0 Å². The van der Waals surface area contributed by atoms with Crippen molar-refractivity contribution in [2.45, 2.75) is 0 Å². The van der Waals surface area contributed by atoms with Crippen molar-refractivity contribution in [2.75, 3.05) is 0 Å². The monoisotopic (exact) mass is 738 g/mol. The van der Waals surface area contributed by atoms with Crippen molar-refractivity contribution < 1.29 is 17.8 Å². The maximum Gasteiger partial charge on any atom is 0.0782 e. The van der Waals surface area contributed by atoms with Crippen molar-refractivity contribution in [1.29, 1.82) is 0 Å². The summed E-state index contributed by atoms with van der Waals surface area (Å²) in [4.78, 5) is 0. The molecule has 0 bridgehead atoms. The molecule has 3 heteroatoms. The van der Waals surface area contributed by atoms with Crippen LogP contribution >= 0.6 is 0 Å².